The first-order valence-electron chi connectivity index (χ1n) is 7.53. The lowest BCUT2D eigenvalue weighted by molar-refractivity contribution is -0.384. The molecule has 118 valence electrons. The van der Waals surface area contributed by atoms with Gasteiger partial charge in [0.15, 0.2) is 0 Å². The number of likely N-dealkylation sites (tertiary alicyclic amines) is 1. The molecule has 0 unspecified atom stereocenters. The molecule has 0 amide bonds. The molecule has 0 aromatic carbocycles. The van der Waals surface area contributed by atoms with Crippen molar-refractivity contribution < 1.29 is 4.92 Å². The van der Waals surface area contributed by atoms with Gasteiger partial charge in [0, 0.05) is 19.5 Å². The van der Waals surface area contributed by atoms with E-state index in [-0.39, 0.29) is 16.5 Å². The molecule has 0 aliphatic carbocycles. The molecule has 0 atom stereocenters. The molecule has 1 aromatic heterocycles. The molecule has 7 heteroatoms. The summed E-state index contributed by atoms with van der Waals surface area (Å²) in [5.41, 5.74) is 0.675. The molecule has 0 spiro atoms. The highest BCUT2D eigenvalue weighted by Crippen LogP contribution is 2.33. The van der Waals surface area contributed by atoms with E-state index in [4.69, 9.17) is 0 Å². The van der Waals surface area contributed by atoms with Crippen molar-refractivity contribution in [2.75, 3.05) is 32.0 Å². The summed E-state index contributed by atoms with van der Waals surface area (Å²) in [6, 6.07) is 0. The summed E-state index contributed by atoms with van der Waals surface area (Å²) < 4.78 is 1.60. The van der Waals surface area contributed by atoms with E-state index in [1.54, 1.807) is 11.7 Å². The lowest BCUT2D eigenvalue weighted by Crippen LogP contribution is -2.33. The summed E-state index contributed by atoms with van der Waals surface area (Å²) in [6.07, 6.45) is 2.26. The van der Waals surface area contributed by atoms with Crippen molar-refractivity contribution in [3.63, 3.8) is 0 Å². The van der Waals surface area contributed by atoms with Crippen molar-refractivity contribution >= 4 is 11.5 Å². The van der Waals surface area contributed by atoms with Gasteiger partial charge in [-0.1, -0.05) is 13.8 Å². The van der Waals surface area contributed by atoms with Crippen LogP contribution >= 0.6 is 0 Å². The first kappa shape index (κ1) is 15.8. The minimum atomic E-state index is -0.320. The Morgan fingerprint density at radius 1 is 1.38 bits per heavy atom. The van der Waals surface area contributed by atoms with Crippen molar-refractivity contribution in [2.45, 2.75) is 32.6 Å². The monoisotopic (exact) mass is 295 g/mol. The summed E-state index contributed by atoms with van der Waals surface area (Å²) in [5.74, 6) is 1.14. The van der Waals surface area contributed by atoms with Crippen LogP contribution in [-0.4, -0.2) is 46.3 Å². The van der Waals surface area contributed by atoms with Gasteiger partial charge in [-0.15, -0.1) is 0 Å². The minimum absolute atomic E-state index is 0.0375. The second-order valence-corrected chi connectivity index (χ2v) is 6.25. The SMILES string of the molecule is CC(C)c1nn(C)c(NCC2CCN(C)CC2)c1[N+](=O)[O-]. The fraction of sp³-hybridized carbons (Fsp3) is 0.786. The maximum atomic E-state index is 11.4. The maximum absolute atomic E-state index is 11.4. The normalized spacial score (nSPS) is 17.4. The topological polar surface area (TPSA) is 76.2 Å². The average Bonchev–Trinajstić information content (AvgIpc) is 2.75. The highest BCUT2D eigenvalue weighted by atomic mass is 16.6. The van der Waals surface area contributed by atoms with E-state index in [0.29, 0.717) is 17.4 Å². The van der Waals surface area contributed by atoms with Crippen LogP contribution in [-0.2, 0) is 7.05 Å². The Morgan fingerprint density at radius 2 is 2.00 bits per heavy atom. The number of anilines is 1. The summed E-state index contributed by atoms with van der Waals surface area (Å²) >= 11 is 0. The van der Waals surface area contributed by atoms with Crippen LogP contribution in [0.2, 0.25) is 0 Å². The number of piperidine rings is 1. The third-order valence-electron chi connectivity index (χ3n) is 4.17. The molecule has 0 radical (unpaired) electrons. The Balaban J connectivity index is 2.10. The van der Waals surface area contributed by atoms with Crippen LogP contribution in [0.5, 0.6) is 0 Å². The second kappa shape index (κ2) is 6.43. The number of aromatic nitrogens is 2. The van der Waals surface area contributed by atoms with Gasteiger partial charge in [0.25, 0.3) is 0 Å². The Kier molecular flexibility index (Phi) is 4.82. The van der Waals surface area contributed by atoms with Gasteiger partial charge in [-0.25, -0.2) is 4.68 Å². The average molecular weight is 295 g/mol. The van der Waals surface area contributed by atoms with Crippen LogP contribution in [0.1, 0.15) is 38.3 Å². The molecule has 1 N–H and O–H groups in total. The molecule has 1 saturated heterocycles. The largest absolute Gasteiger partial charge is 0.364 e. The van der Waals surface area contributed by atoms with Crippen molar-refractivity contribution in [1.82, 2.24) is 14.7 Å². The van der Waals surface area contributed by atoms with E-state index in [1.807, 2.05) is 13.8 Å². The van der Waals surface area contributed by atoms with Crippen molar-refractivity contribution in [3.8, 4) is 0 Å². The fourth-order valence-corrected chi connectivity index (χ4v) is 2.81. The van der Waals surface area contributed by atoms with E-state index in [9.17, 15) is 10.1 Å². The number of hydrogen-bond acceptors (Lipinski definition) is 5. The predicted octanol–water partition coefficient (Wildman–Crippen LogP) is 2.21. The predicted molar refractivity (Wildman–Crippen MR) is 82.7 cm³/mol. The number of nitrogens with one attached hydrogen (secondary N) is 1. The van der Waals surface area contributed by atoms with Gasteiger partial charge in [0.05, 0.1) is 4.92 Å². The zero-order valence-corrected chi connectivity index (χ0v) is 13.3. The second-order valence-electron chi connectivity index (χ2n) is 6.25. The molecular formula is C14H25N5O2. The van der Waals surface area contributed by atoms with Gasteiger partial charge >= 0.3 is 5.69 Å². The summed E-state index contributed by atoms with van der Waals surface area (Å²) in [5, 5.41) is 18.9. The van der Waals surface area contributed by atoms with Crippen LogP contribution in [0, 0.1) is 16.0 Å². The van der Waals surface area contributed by atoms with Gasteiger partial charge in [-0.3, -0.25) is 10.1 Å². The van der Waals surface area contributed by atoms with Crippen molar-refractivity contribution in [3.05, 3.63) is 15.8 Å². The molecule has 2 rings (SSSR count). The Bertz CT molecular complexity index is 504. The standard InChI is InChI=1S/C14H25N5O2/c1-10(2)12-13(19(20)21)14(18(4)16-12)15-9-11-5-7-17(3)8-6-11/h10-11,15H,5-9H2,1-4H3. The molecular weight excluding hydrogens is 270 g/mol. The quantitative estimate of drug-likeness (QED) is 0.665. The van der Waals surface area contributed by atoms with Crippen LogP contribution in [0.25, 0.3) is 0 Å². The Hall–Kier alpha value is -1.63. The summed E-state index contributed by atoms with van der Waals surface area (Å²) in [4.78, 5) is 13.4. The summed E-state index contributed by atoms with van der Waals surface area (Å²) in [6.45, 7) is 6.81. The molecule has 0 saturated carbocycles. The van der Waals surface area contributed by atoms with Crippen LogP contribution in [0.15, 0.2) is 0 Å². The molecule has 2 heterocycles. The minimum Gasteiger partial charge on any atom is -0.364 e. The smallest absolute Gasteiger partial charge is 0.334 e. The molecule has 1 fully saturated rings. The number of hydrogen-bond donors (Lipinski definition) is 1. The lowest BCUT2D eigenvalue weighted by atomic mass is 9.97. The van der Waals surface area contributed by atoms with Gasteiger partial charge in [0.1, 0.15) is 5.69 Å². The van der Waals surface area contributed by atoms with E-state index in [2.05, 4.69) is 22.4 Å². The van der Waals surface area contributed by atoms with E-state index >= 15 is 0 Å². The third-order valence-corrected chi connectivity index (χ3v) is 4.17. The molecule has 1 aromatic rings. The fourth-order valence-electron chi connectivity index (χ4n) is 2.81. The van der Waals surface area contributed by atoms with Gasteiger partial charge in [0.2, 0.25) is 5.82 Å². The number of aryl methyl sites for hydroxylation is 1. The molecule has 7 nitrogen and oxygen atoms in total. The highest BCUT2D eigenvalue weighted by molar-refractivity contribution is 5.60. The maximum Gasteiger partial charge on any atom is 0.334 e. The number of nitro groups is 1. The van der Waals surface area contributed by atoms with Gasteiger partial charge < -0.3 is 10.2 Å². The molecule has 1 aliphatic heterocycles. The Labute approximate surface area is 125 Å². The summed E-state index contributed by atoms with van der Waals surface area (Å²) in [7, 11) is 3.89. The highest BCUT2D eigenvalue weighted by Gasteiger charge is 2.29. The lowest BCUT2D eigenvalue weighted by Gasteiger charge is -2.29. The number of rotatable bonds is 5. The van der Waals surface area contributed by atoms with E-state index < -0.39 is 0 Å². The van der Waals surface area contributed by atoms with Crippen LogP contribution in [0.4, 0.5) is 11.5 Å². The van der Waals surface area contributed by atoms with Crippen LogP contribution < -0.4 is 5.32 Å². The van der Waals surface area contributed by atoms with E-state index in [1.165, 1.54) is 0 Å². The third kappa shape index (κ3) is 3.53. The van der Waals surface area contributed by atoms with Crippen LogP contribution in [0.3, 0.4) is 0 Å². The molecule has 1 aliphatic rings. The van der Waals surface area contributed by atoms with Gasteiger partial charge in [-0.05, 0) is 38.9 Å². The van der Waals surface area contributed by atoms with Gasteiger partial charge in [-0.2, -0.15) is 5.10 Å². The Morgan fingerprint density at radius 3 is 2.52 bits per heavy atom. The number of nitrogens with zero attached hydrogens (tertiary/aromatic N) is 4. The molecule has 21 heavy (non-hydrogen) atoms. The first-order chi connectivity index (χ1) is 9.90. The first-order valence-corrected chi connectivity index (χ1v) is 7.53. The van der Waals surface area contributed by atoms with Crippen molar-refractivity contribution in [1.29, 1.82) is 0 Å². The van der Waals surface area contributed by atoms with E-state index in [0.717, 1.165) is 32.5 Å². The zero-order valence-electron chi connectivity index (χ0n) is 13.3. The zero-order chi connectivity index (χ0) is 15.6. The van der Waals surface area contributed by atoms with Crippen molar-refractivity contribution in [2.24, 2.45) is 13.0 Å². The molecule has 0 bridgehead atoms.